The molecule has 2 rings (SSSR count). The maximum atomic E-state index is 11.1. The van der Waals surface area contributed by atoms with Crippen molar-refractivity contribution in [2.24, 2.45) is 0 Å². The Hall–Kier alpha value is -1.20. The lowest BCUT2D eigenvalue weighted by Gasteiger charge is -1.95. The molecule has 78 valence electrons. The minimum atomic E-state index is 0.00193. The summed E-state index contributed by atoms with van der Waals surface area (Å²) < 4.78 is 0. The van der Waals surface area contributed by atoms with Crippen molar-refractivity contribution in [3.63, 3.8) is 0 Å². The Morgan fingerprint density at radius 3 is 3.07 bits per heavy atom. The maximum absolute atomic E-state index is 11.1. The van der Waals surface area contributed by atoms with Crippen LogP contribution in [0.1, 0.15) is 13.3 Å². The predicted octanol–water partition coefficient (Wildman–Crippen LogP) is 3.22. The van der Waals surface area contributed by atoms with E-state index in [1.54, 1.807) is 11.3 Å². The summed E-state index contributed by atoms with van der Waals surface area (Å²) in [6.45, 7) is 1.82. The largest absolute Gasteiger partial charge is 0.302 e. The second kappa shape index (κ2) is 4.55. The lowest BCUT2D eigenvalue weighted by molar-refractivity contribution is -0.115. The van der Waals surface area contributed by atoms with Gasteiger partial charge in [-0.05, 0) is 11.4 Å². The van der Waals surface area contributed by atoms with Gasteiger partial charge in [-0.25, -0.2) is 4.98 Å². The van der Waals surface area contributed by atoms with Crippen LogP contribution in [0.3, 0.4) is 0 Å². The highest BCUT2D eigenvalue weighted by molar-refractivity contribution is 7.16. The molecule has 0 saturated heterocycles. The molecular weight excluding hydrogens is 228 g/mol. The van der Waals surface area contributed by atoms with E-state index in [0.717, 1.165) is 10.6 Å². The summed E-state index contributed by atoms with van der Waals surface area (Å²) in [5.74, 6) is 0.00193. The van der Waals surface area contributed by atoms with Crippen molar-refractivity contribution in [2.45, 2.75) is 13.3 Å². The molecule has 0 atom stereocenters. The molecule has 1 N–H and O–H groups in total. The summed E-state index contributed by atoms with van der Waals surface area (Å²) in [7, 11) is 0. The first-order valence-corrected chi connectivity index (χ1v) is 6.34. The van der Waals surface area contributed by atoms with Crippen LogP contribution in [0.15, 0.2) is 22.9 Å². The molecule has 1 amide bonds. The highest BCUT2D eigenvalue weighted by Gasteiger charge is 2.06. The van der Waals surface area contributed by atoms with Gasteiger partial charge in [-0.3, -0.25) is 4.79 Å². The van der Waals surface area contributed by atoms with Gasteiger partial charge in [0.1, 0.15) is 0 Å². The molecule has 0 bridgehead atoms. The molecule has 0 aliphatic rings. The Morgan fingerprint density at radius 2 is 2.40 bits per heavy atom. The topological polar surface area (TPSA) is 42.0 Å². The first kappa shape index (κ1) is 10.3. The van der Waals surface area contributed by atoms with Crippen LogP contribution in [0, 0.1) is 0 Å². The number of carbonyl (C=O) groups is 1. The summed E-state index contributed by atoms with van der Waals surface area (Å²) in [5, 5.41) is 7.39. The Morgan fingerprint density at radius 1 is 1.53 bits per heavy atom. The van der Waals surface area contributed by atoms with Gasteiger partial charge in [0.25, 0.3) is 0 Å². The van der Waals surface area contributed by atoms with Crippen molar-refractivity contribution >= 4 is 33.7 Å². The quantitative estimate of drug-likeness (QED) is 0.892. The van der Waals surface area contributed by atoms with Crippen LogP contribution < -0.4 is 5.32 Å². The molecule has 2 aromatic heterocycles. The molecule has 0 aliphatic heterocycles. The molecule has 15 heavy (non-hydrogen) atoms. The van der Waals surface area contributed by atoms with Crippen molar-refractivity contribution in [3.8, 4) is 10.6 Å². The third-order valence-corrected chi connectivity index (χ3v) is 3.50. The molecule has 0 saturated carbocycles. The van der Waals surface area contributed by atoms with E-state index in [-0.39, 0.29) is 5.91 Å². The smallest absolute Gasteiger partial charge is 0.225 e. The van der Waals surface area contributed by atoms with Crippen LogP contribution in [-0.2, 0) is 4.79 Å². The average Bonchev–Trinajstić information content (AvgIpc) is 2.85. The number of carbonyl (C=O) groups excluding carboxylic acids is 1. The molecule has 0 fully saturated rings. The summed E-state index contributed by atoms with van der Waals surface area (Å²) in [6.07, 6.45) is 0.480. The van der Waals surface area contributed by atoms with Crippen LogP contribution in [0.4, 0.5) is 5.13 Å². The molecule has 0 spiro atoms. The van der Waals surface area contributed by atoms with Gasteiger partial charge >= 0.3 is 0 Å². The fourth-order valence-electron chi connectivity index (χ4n) is 1.08. The molecule has 5 heteroatoms. The van der Waals surface area contributed by atoms with Crippen molar-refractivity contribution in [1.29, 1.82) is 0 Å². The van der Waals surface area contributed by atoms with Gasteiger partial charge in [0, 0.05) is 11.8 Å². The zero-order valence-electron chi connectivity index (χ0n) is 8.19. The molecular formula is C10H10N2OS2. The number of amides is 1. The summed E-state index contributed by atoms with van der Waals surface area (Å²) in [6, 6.07) is 4.01. The number of thiazole rings is 1. The molecule has 3 nitrogen and oxygen atoms in total. The Labute approximate surface area is 95.8 Å². The fraction of sp³-hybridized carbons (Fsp3) is 0.200. The van der Waals surface area contributed by atoms with E-state index in [4.69, 9.17) is 0 Å². The van der Waals surface area contributed by atoms with Crippen molar-refractivity contribution in [1.82, 2.24) is 4.98 Å². The van der Waals surface area contributed by atoms with Crippen LogP contribution in [0.25, 0.3) is 10.6 Å². The van der Waals surface area contributed by atoms with E-state index in [9.17, 15) is 4.79 Å². The first-order valence-electron chi connectivity index (χ1n) is 4.59. The summed E-state index contributed by atoms with van der Waals surface area (Å²) in [4.78, 5) is 16.6. The van der Waals surface area contributed by atoms with Gasteiger partial charge < -0.3 is 5.32 Å². The van der Waals surface area contributed by atoms with Crippen LogP contribution >= 0.6 is 22.7 Å². The Kier molecular flexibility index (Phi) is 3.13. The van der Waals surface area contributed by atoms with E-state index < -0.39 is 0 Å². The number of hydrogen-bond donors (Lipinski definition) is 1. The molecule has 0 radical (unpaired) electrons. The van der Waals surface area contributed by atoms with Crippen LogP contribution in [-0.4, -0.2) is 10.9 Å². The minimum Gasteiger partial charge on any atom is -0.302 e. The minimum absolute atomic E-state index is 0.00193. The Balaban J connectivity index is 2.14. The molecule has 0 aliphatic carbocycles. The zero-order valence-corrected chi connectivity index (χ0v) is 9.82. The van der Waals surface area contributed by atoms with E-state index in [1.165, 1.54) is 11.3 Å². The van der Waals surface area contributed by atoms with Gasteiger partial charge in [0.15, 0.2) is 5.13 Å². The van der Waals surface area contributed by atoms with Gasteiger partial charge in [-0.2, -0.15) is 0 Å². The summed E-state index contributed by atoms with van der Waals surface area (Å²) >= 11 is 3.10. The number of rotatable bonds is 3. The molecule has 0 aromatic carbocycles. The number of nitrogens with zero attached hydrogens (tertiary/aromatic N) is 1. The van der Waals surface area contributed by atoms with Gasteiger partial charge in [-0.15, -0.1) is 22.7 Å². The highest BCUT2D eigenvalue weighted by atomic mass is 32.1. The first-order chi connectivity index (χ1) is 7.29. The molecule has 2 aromatic rings. The number of thiophene rings is 1. The third kappa shape index (κ3) is 2.43. The van der Waals surface area contributed by atoms with Crippen molar-refractivity contribution in [2.75, 3.05) is 5.32 Å². The normalized spacial score (nSPS) is 10.2. The SMILES string of the molecule is CCC(=O)Nc1nc(-c2cccs2)cs1. The maximum Gasteiger partial charge on any atom is 0.225 e. The molecule has 2 heterocycles. The second-order valence-electron chi connectivity index (χ2n) is 2.92. The van der Waals surface area contributed by atoms with E-state index in [2.05, 4.69) is 10.3 Å². The summed E-state index contributed by atoms with van der Waals surface area (Å²) in [5.41, 5.74) is 0.932. The van der Waals surface area contributed by atoms with Crippen molar-refractivity contribution in [3.05, 3.63) is 22.9 Å². The lowest BCUT2D eigenvalue weighted by atomic mass is 10.4. The zero-order chi connectivity index (χ0) is 10.7. The monoisotopic (exact) mass is 238 g/mol. The van der Waals surface area contributed by atoms with Gasteiger partial charge in [0.05, 0.1) is 10.6 Å². The number of hydrogen-bond acceptors (Lipinski definition) is 4. The van der Waals surface area contributed by atoms with E-state index in [0.29, 0.717) is 11.6 Å². The van der Waals surface area contributed by atoms with Crippen LogP contribution in [0.2, 0.25) is 0 Å². The number of aromatic nitrogens is 1. The second-order valence-corrected chi connectivity index (χ2v) is 4.72. The highest BCUT2D eigenvalue weighted by Crippen LogP contribution is 2.28. The van der Waals surface area contributed by atoms with Crippen LogP contribution in [0.5, 0.6) is 0 Å². The van der Waals surface area contributed by atoms with Gasteiger partial charge in [0.2, 0.25) is 5.91 Å². The standard InChI is InChI=1S/C10H10N2OS2/c1-2-9(13)12-10-11-7(6-15-10)8-4-3-5-14-8/h3-6H,2H2,1H3,(H,11,12,13). The molecule has 0 unspecified atom stereocenters. The lowest BCUT2D eigenvalue weighted by Crippen LogP contribution is -2.08. The van der Waals surface area contributed by atoms with E-state index in [1.807, 2.05) is 29.8 Å². The van der Waals surface area contributed by atoms with E-state index >= 15 is 0 Å². The number of nitrogens with one attached hydrogen (secondary N) is 1. The Bertz CT molecular complexity index is 448. The van der Waals surface area contributed by atoms with Gasteiger partial charge in [-0.1, -0.05) is 13.0 Å². The number of anilines is 1. The fourth-order valence-corrected chi connectivity index (χ4v) is 2.56. The third-order valence-electron chi connectivity index (χ3n) is 1.85. The van der Waals surface area contributed by atoms with Crippen molar-refractivity contribution < 1.29 is 4.79 Å². The average molecular weight is 238 g/mol. The predicted molar refractivity (Wildman–Crippen MR) is 64.3 cm³/mol.